The number of carbonyl (C=O) groups is 2. The highest BCUT2D eigenvalue weighted by molar-refractivity contribution is 8.00. The summed E-state index contributed by atoms with van der Waals surface area (Å²) in [5.74, 6) is -1.70. The topological polar surface area (TPSA) is 96.3 Å². The number of benzene rings is 1. The molecule has 0 radical (unpaired) electrons. The van der Waals surface area contributed by atoms with Crippen LogP contribution in [0.25, 0.3) is 0 Å². The molecule has 0 saturated heterocycles. The Morgan fingerprint density at radius 2 is 1.97 bits per heavy atom. The molecule has 4 aromatic rings. The number of hydrogen-bond acceptors (Lipinski definition) is 10. The molecule has 35 heavy (non-hydrogen) atoms. The highest BCUT2D eigenvalue weighted by Gasteiger charge is 2.47. The molecular formula is C23H17FN4O3S4. The number of anilines is 1. The minimum Gasteiger partial charge on any atom is -0.503 e. The molecule has 7 nitrogen and oxygen atoms in total. The zero-order chi connectivity index (χ0) is 24.7. The van der Waals surface area contributed by atoms with Gasteiger partial charge in [0.05, 0.1) is 21.2 Å². The van der Waals surface area contributed by atoms with Gasteiger partial charge in [-0.05, 0) is 36.9 Å². The summed E-state index contributed by atoms with van der Waals surface area (Å²) in [6.07, 6.45) is 0. The molecule has 3 aromatic heterocycles. The maximum absolute atomic E-state index is 14.0. The zero-order valence-corrected chi connectivity index (χ0v) is 21.7. The fourth-order valence-electron chi connectivity index (χ4n) is 3.73. The summed E-state index contributed by atoms with van der Waals surface area (Å²) in [7, 11) is 0. The van der Waals surface area contributed by atoms with Gasteiger partial charge in [-0.3, -0.25) is 14.5 Å². The average Bonchev–Trinajstić information content (AvgIpc) is 3.61. The Morgan fingerprint density at radius 1 is 1.17 bits per heavy atom. The van der Waals surface area contributed by atoms with Crippen molar-refractivity contribution >= 4 is 62.6 Å². The minimum absolute atomic E-state index is 0.0000373. The number of aliphatic hydroxyl groups is 1. The highest BCUT2D eigenvalue weighted by Crippen LogP contribution is 2.45. The van der Waals surface area contributed by atoms with Crippen molar-refractivity contribution in [3.05, 3.63) is 84.9 Å². The summed E-state index contributed by atoms with van der Waals surface area (Å²) < 4.78 is 14.5. The SMILES string of the molecule is Cc1nc(C)c(C(=O)C2=C(O)C(=O)N(c3nnc(SCc4ccccc4F)s3)C2c2cccs2)s1. The van der Waals surface area contributed by atoms with Crippen LogP contribution in [0.15, 0.2) is 57.5 Å². The minimum atomic E-state index is -0.839. The maximum atomic E-state index is 14.0. The smallest absolute Gasteiger partial charge is 0.296 e. The number of Topliss-reactive ketones (excluding diaryl/α,β-unsaturated/α-hetero) is 1. The molecule has 0 aliphatic carbocycles. The monoisotopic (exact) mass is 544 g/mol. The lowest BCUT2D eigenvalue weighted by Crippen LogP contribution is -2.30. The van der Waals surface area contributed by atoms with Gasteiger partial charge in [0, 0.05) is 10.6 Å². The van der Waals surface area contributed by atoms with Gasteiger partial charge in [-0.2, -0.15) is 0 Å². The van der Waals surface area contributed by atoms with E-state index in [0.717, 1.165) is 16.3 Å². The van der Waals surface area contributed by atoms with Crippen molar-refractivity contribution in [1.29, 1.82) is 0 Å². The number of aliphatic hydroxyl groups excluding tert-OH is 1. The number of halogens is 1. The number of rotatable bonds is 7. The maximum Gasteiger partial charge on any atom is 0.296 e. The van der Waals surface area contributed by atoms with Crippen LogP contribution in [0.3, 0.4) is 0 Å². The molecule has 1 aliphatic heterocycles. The summed E-state index contributed by atoms with van der Waals surface area (Å²) >= 11 is 5.04. The van der Waals surface area contributed by atoms with Gasteiger partial charge in [-0.15, -0.1) is 32.9 Å². The molecule has 0 spiro atoms. The molecule has 1 atom stereocenters. The van der Waals surface area contributed by atoms with Crippen molar-refractivity contribution in [2.45, 2.75) is 30.0 Å². The molecule has 178 valence electrons. The van der Waals surface area contributed by atoms with Crippen molar-refractivity contribution in [3.63, 3.8) is 0 Å². The van der Waals surface area contributed by atoms with Crippen molar-refractivity contribution in [3.8, 4) is 0 Å². The molecular weight excluding hydrogens is 528 g/mol. The molecule has 5 rings (SSSR count). The van der Waals surface area contributed by atoms with Crippen molar-refractivity contribution in [1.82, 2.24) is 15.2 Å². The third-order valence-corrected chi connectivity index (χ3v) is 9.39. The van der Waals surface area contributed by atoms with Crippen LogP contribution in [0, 0.1) is 19.7 Å². The lowest BCUT2D eigenvalue weighted by Gasteiger charge is -2.22. The van der Waals surface area contributed by atoms with Crippen LogP contribution in [-0.2, 0) is 10.5 Å². The molecule has 1 N–H and O–H groups in total. The first-order valence-corrected chi connectivity index (χ1v) is 13.8. The van der Waals surface area contributed by atoms with Crippen LogP contribution in [0.1, 0.15) is 36.9 Å². The summed E-state index contributed by atoms with van der Waals surface area (Å²) in [5, 5.41) is 22.0. The van der Waals surface area contributed by atoms with E-state index in [1.807, 2.05) is 11.4 Å². The first-order valence-electron chi connectivity index (χ1n) is 10.3. The Kier molecular flexibility index (Phi) is 6.53. The summed E-state index contributed by atoms with van der Waals surface area (Å²) in [4.78, 5) is 33.5. The largest absolute Gasteiger partial charge is 0.503 e. The first-order chi connectivity index (χ1) is 16.8. The predicted molar refractivity (Wildman–Crippen MR) is 136 cm³/mol. The van der Waals surface area contributed by atoms with Gasteiger partial charge in [0.25, 0.3) is 5.91 Å². The lowest BCUT2D eigenvalue weighted by atomic mass is 10.0. The van der Waals surface area contributed by atoms with Gasteiger partial charge in [0.15, 0.2) is 10.1 Å². The second-order valence-corrected chi connectivity index (χ2v) is 11.9. The Morgan fingerprint density at radius 3 is 2.66 bits per heavy atom. The number of carbonyl (C=O) groups excluding carboxylic acids is 2. The summed E-state index contributed by atoms with van der Waals surface area (Å²) in [5.41, 5.74) is 1.08. The molecule has 1 aliphatic rings. The second kappa shape index (κ2) is 9.61. The number of nitrogens with zero attached hydrogens (tertiary/aromatic N) is 4. The summed E-state index contributed by atoms with van der Waals surface area (Å²) in [6, 6.07) is 9.27. The first kappa shape index (κ1) is 23.8. The van der Waals surface area contributed by atoms with Crippen LogP contribution in [0.5, 0.6) is 0 Å². The van der Waals surface area contributed by atoms with E-state index < -0.39 is 23.5 Å². The van der Waals surface area contributed by atoms with Gasteiger partial charge in [-0.1, -0.05) is 47.4 Å². The van der Waals surface area contributed by atoms with Crippen molar-refractivity contribution < 1.29 is 19.1 Å². The Balaban J connectivity index is 1.48. The van der Waals surface area contributed by atoms with Crippen LogP contribution in [0.4, 0.5) is 9.52 Å². The van der Waals surface area contributed by atoms with Gasteiger partial charge in [0.2, 0.25) is 10.9 Å². The normalized spacial score (nSPS) is 15.9. The van der Waals surface area contributed by atoms with E-state index in [0.29, 0.717) is 31.1 Å². The van der Waals surface area contributed by atoms with Crippen LogP contribution in [0.2, 0.25) is 0 Å². The van der Waals surface area contributed by atoms with E-state index in [1.54, 1.807) is 38.1 Å². The fourth-order valence-corrected chi connectivity index (χ4v) is 7.28. The van der Waals surface area contributed by atoms with Crippen LogP contribution < -0.4 is 4.90 Å². The number of thiazole rings is 1. The third-order valence-electron chi connectivity index (χ3n) is 5.29. The molecule has 0 fully saturated rings. The summed E-state index contributed by atoms with van der Waals surface area (Å²) in [6.45, 7) is 3.53. The van der Waals surface area contributed by atoms with Gasteiger partial charge < -0.3 is 5.11 Å². The van der Waals surface area contributed by atoms with E-state index >= 15 is 0 Å². The quantitative estimate of drug-likeness (QED) is 0.176. The van der Waals surface area contributed by atoms with Crippen molar-refractivity contribution in [2.75, 3.05) is 4.90 Å². The van der Waals surface area contributed by atoms with E-state index in [1.165, 1.54) is 45.4 Å². The van der Waals surface area contributed by atoms with E-state index in [4.69, 9.17) is 0 Å². The molecule has 1 aromatic carbocycles. The fraction of sp³-hybridized carbons (Fsp3) is 0.174. The zero-order valence-electron chi connectivity index (χ0n) is 18.4. The Hall–Kier alpha value is -2.93. The Bertz CT molecular complexity index is 1460. The number of hydrogen-bond donors (Lipinski definition) is 1. The second-order valence-electron chi connectivity index (χ2n) is 7.56. The predicted octanol–water partition coefficient (Wildman–Crippen LogP) is 5.89. The van der Waals surface area contributed by atoms with Crippen LogP contribution in [-0.4, -0.2) is 32.0 Å². The molecule has 0 saturated carbocycles. The number of aryl methyl sites for hydroxylation is 2. The number of amides is 1. The molecule has 12 heteroatoms. The molecule has 1 amide bonds. The van der Waals surface area contributed by atoms with Gasteiger partial charge in [0.1, 0.15) is 11.9 Å². The van der Waals surface area contributed by atoms with Gasteiger partial charge >= 0.3 is 0 Å². The van der Waals surface area contributed by atoms with E-state index in [9.17, 15) is 19.1 Å². The van der Waals surface area contributed by atoms with Crippen molar-refractivity contribution in [2.24, 2.45) is 0 Å². The van der Waals surface area contributed by atoms with Gasteiger partial charge in [-0.25, -0.2) is 9.37 Å². The third kappa shape index (κ3) is 4.42. The Labute approximate surface area is 216 Å². The molecule has 4 heterocycles. The van der Waals surface area contributed by atoms with Crippen LogP contribution >= 0.6 is 45.8 Å². The number of thiophene rings is 1. The number of aromatic nitrogens is 3. The number of thioether (sulfide) groups is 1. The standard InChI is InChI=1S/C23H17FN4O3S4/c1-11-20(34-12(2)25-11)18(29)16-17(15-8-5-9-32-15)28(21(31)19(16)30)22-26-27-23(35-22)33-10-13-6-3-4-7-14(13)24/h3-9,17,30H,10H2,1-2H3. The highest BCUT2D eigenvalue weighted by atomic mass is 32.2. The number of ketones is 1. The lowest BCUT2D eigenvalue weighted by molar-refractivity contribution is -0.117. The average molecular weight is 545 g/mol. The van der Waals surface area contributed by atoms with E-state index in [-0.39, 0.29) is 16.5 Å². The molecule has 0 bridgehead atoms. The van der Waals surface area contributed by atoms with E-state index in [2.05, 4.69) is 15.2 Å². The molecule has 1 unspecified atom stereocenters.